The molecule has 1 heterocycles. The Morgan fingerprint density at radius 2 is 1.71 bits per heavy atom. The molecule has 1 aromatic rings. The lowest BCUT2D eigenvalue weighted by Gasteiger charge is -2.69. The molecule has 0 radical (unpaired) electrons. The van der Waals surface area contributed by atoms with Crippen molar-refractivity contribution in [3.8, 4) is 6.07 Å². The zero-order valence-corrected chi connectivity index (χ0v) is 24.2. The Bertz CT molecular complexity index is 1330. The van der Waals surface area contributed by atoms with Gasteiger partial charge in [0.25, 0.3) is 0 Å². The fourth-order valence-corrected chi connectivity index (χ4v) is 10.6. The van der Waals surface area contributed by atoms with E-state index in [0.29, 0.717) is 0 Å². The molecule has 0 N–H and O–H groups in total. The van der Waals surface area contributed by atoms with Crippen molar-refractivity contribution in [3.63, 3.8) is 0 Å². The number of Topliss-reactive ketones (excluding diaryl/α,β-unsaturated/α-hetero) is 1. The maximum atomic E-state index is 14.5. The van der Waals surface area contributed by atoms with Crippen LogP contribution in [0.2, 0.25) is 0 Å². The highest BCUT2D eigenvalue weighted by Crippen LogP contribution is 2.74. The minimum Gasteiger partial charge on any atom is -0.331 e. The summed E-state index contributed by atoms with van der Waals surface area (Å²) in [5, 5.41) is 9.91. The van der Waals surface area contributed by atoms with Gasteiger partial charge in [0.15, 0.2) is 11.6 Å². The van der Waals surface area contributed by atoms with Crippen molar-refractivity contribution < 1.29 is 9.59 Å². The van der Waals surface area contributed by atoms with Gasteiger partial charge in [-0.1, -0.05) is 60.1 Å². The van der Waals surface area contributed by atoms with Crippen molar-refractivity contribution in [1.29, 1.82) is 5.26 Å². The summed E-state index contributed by atoms with van der Waals surface area (Å²) in [5.41, 5.74) is 0.0856. The molecule has 5 aliphatic rings. The van der Waals surface area contributed by atoms with E-state index in [1.807, 2.05) is 38.5 Å². The van der Waals surface area contributed by atoms with E-state index in [2.05, 4.69) is 56.4 Å². The average molecular weight is 514 g/mol. The summed E-state index contributed by atoms with van der Waals surface area (Å²) in [6.07, 6.45) is 17.1. The fraction of sp³-hybridized carbons (Fsp3) is 0.697. The third-order valence-corrected chi connectivity index (χ3v) is 12.8. The van der Waals surface area contributed by atoms with Gasteiger partial charge in [-0.2, -0.15) is 5.26 Å². The van der Waals surface area contributed by atoms with Gasteiger partial charge in [-0.3, -0.25) is 9.59 Å². The largest absolute Gasteiger partial charge is 0.331 e. The first-order chi connectivity index (χ1) is 17.7. The summed E-state index contributed by atoms with van der Waals surface area (Å²) in [6, 6.07) is 2.21. The molecule has 202 valence electrons. The number of fused-ring (bicyclic) bond motifs is 7. The minimum absolute atomic E-state index is 0.0508. The van der Waals surface area contributed by atoms with Crippen LogP contribution in [-0.2, 0) is 15.1 Å². The van der Waals surface area contributed by atoms with Crippen molar-refractivity contribution in [3.05, 3.63) is 42.0 Å². The lowest BCUT2D eigenvalue weighted by atomic mass is 9.35. The molecule has 1 aromatic heterocycles. The zero-order valence-electron chi connectivity index (χ0n) is 24.2. The smallest absolute Gasteiger partial charge is 0.178 e. The number of aromatic nitrogens is 2. The van der Waals surface area contributed by atoms with Gasteiger partial charge >= 0.3 is 0 Å². The first-order valence-electron chi connectivity index (χ1n) is 14.6. The predicted molar refractivity (Wildman–Crippen MR) is 147 cm³/mol. The van der Waals surface area contributed by atoms with Crippen molar-refractivity contribution >= 4 is 11.6 Å². The molecule has 38 heavy (non-hydrogen) atoms. The molecule has 0 aromatic carbocycles. The Hall–Kier alpha value is -2.48. The number of carbonyl (C=O) groups excluding carboxylic acids is 2. The van der Waals surface area contributed by atoms with Gasteiger partial charge in [0.1, 0.15) is 6.07 Å². The maximum Gasteiger partial charge on any atom is 0.178 e. The summed E-state index contributed by atoms with van der Waals surface area (Å²) >= 11 is 0. The lowest BCUT2D eigenvalue weighted by Crippen LogP contribution is -2.66. The maximum absolute atomic E-state index is 14.5. The Morgan fingerprint density at radius 3 is 2.37 bits per heavy atom. The SMILES string of the molecule is CC1(C)CC[C@]2(n3ccnc3)CC[C@]3(C)[C@H](C(=O)C=C4[C@@]5(C)C=C(C#N)C(=O)C(C)(C)[C@@H]5CC[C@]43C)[C@@H]2C1. The van der Waals surface area contributed by atoms with Crippen LogP contribution >= 0.6 is 0 Å². The van der Waals surface area contributed by atoms with E-state index >= 15 is 0 Å². The second-order valence-corrected chi connectivity index (χ2v) is 15.3. The summed E-state index contributed by atoms with van der Waals surface area (Å²) < 4.78 is 2.34. The highest BCUT2D eigenvalue weighted by Gasteiger charge is 2.70. The van der Waals surface area contributed by atoms with Crippen LogP contribution in [0, 0.1) is 56.2 Å². The molecule has 3 fully saturated rings. The van der Waals surface area contributed by atoms with Crippen LogP contribution in [0.5, 0.6) is 0 Å². The van der Waals surface area contributed by atoms with Gasteiger partial charge in [-0.05, 0) is 79.1 Å². The number of imidazole rings is 1. The van der Waals surface area contributed by atoms with Gasteiger partial charge in [-0.25, -0.2) is 4.98 Å². The summed E-state index contributed by atoms with van der Waals surface area (Å²) in [6.45, 7) is 15.8. The molecule has 3 saturated carbocycles. The summed E-state index contributed by atoms with van der Waals surface area (Å²) in [5.74, 6) is 0.487. The molecule has 0 saturated heterocycles. The molecule has 0 amide bonds. The van der Waals surface area contributed by atoms with Crippen molar-refractivity contribution in [2.24, 2.45) is 44.8 Å². The van der Waals surface area contributed by atoms with Crippen molar-refractivity contribution in [2.75, 3.05) is 0 Å². The van der Waals surface area contributed by atoms with Crippen LogP contribution in [0.15, 0.2) is 42.0 Å². The van der Waals surface area contributed by atoms with E-state index in [1.165, 1.54) is 5.57 Å². The summed E-state index contributed by atoms with van der Waals surface area (Å²) in [4.78, 5) is 32.2. The molecule has 0 aliphatic heterocycles. The van der Waals surface area contributed by atoms with Crippen LogP contribution in [0.25, 0.3) is 0 Å². The predicted octanol–water partition coefficient (Wildman–Crippen LogP) is 6.81. The Kier molecular flexibility index (Phi) is 5.14. The second kappa shape index (κ2) is 7.58. The van der Waals surface area contributed by atoms with Crippen LogP contribution < -0.4 is 0 Å². The van der Waals surface area contributed by atoms with E-state index in [4.69, 9.17) is 0 Å². The lowest BCUT2D eigenvalue weighted by molar-refractivity contribution is -0.167. The van der Waals surface area contributed by atoms with Crippen LogP contribution in [0.1, 0.15) is 93.4 Å². The first-order valence-corrected chi connectivity index (χ1v) is 14.6. The topological polar surface area (TPSA) is 75.8 Å². The van der Waals surface area contributed by atoms with E-state index in [0.717, 1.165) is 44.9 Å². The van der Waals surface area contributed by atoms with Gasteiger partial charge in [0.05, 0.1) is 11.9 Å². The third kappa shape index (κ3) is 2.96. The Morgan fingerprint density at radius 1 is 1.00 bits per heavy atom. The van der Waals surface area contributed by atoms with Gasteiger partial charge in [0.2, 0.25) is 0 Å². The van der Waals surface area contributed by atoms with Gasteiger partial charge < -0.3 is 4.57 Å². The number of hydrogen-bond donors (Lipinski definition) is 0. The van der Waals surface area contributed by atoms with Crippen molar-refractivity contribution in [2.45, 2.75) is 99.0 Å². The minimum atomic E-state index is -0.631. The highest BCUT2D eigenvalue weighted by molar-refractivity contribution is 6.04. The van der Waals surface area contributed by atoms with Crippen LogP contribution in [0.4, 0.5) is 0 Å². The average Bonchev–Trinajstić information content (AvgIpc) is 3.38. The number of rotatable bonds is 1. The molecule has 5 aliphatic carbocycles. The van der Waals surface area contributed by atoms with Gasteiger partial charge in [0, 0.05) is 34.7 Å². The van der Waals surface area contributed by atoms with Gasteiger partial charge in [-0.15, -0.1) is 0 Å². The molecule has 7 atom stereocenters. The molecular weight excluding hydrogens is 470 g/mol. The molecule has 0 spiro atoms. The van der Waals surface area contributed by atoms with Crippen LogP contribution in [-0.4, -0.2) is 21.1 Å². The van der Waals surface area contributed by atoms with E-state index < -0.39 is 10.8 Å². The molecule has 5 nitrogen and oxygen atoms in total. The second-order valence-electron chi connectivity index (χ2n) is 15.3. The number of allylic oxidation sites excluding steroid dienone is 4. The molecule has 0 unspecified atom stereocenters. The molecular formula is C33H43N3O2. The Labute approximate surface area is 227 Å². The monoisotopic (exact) mass is 513 g/mol. The number of ketones is 2. The number of nitrogens with zero attached hydrogens (tertiary/aromatic N) is 3. The normalized spacial score (nSPS) is 44.9. The first kappa shape index (κ1) is 25.8. The number of nitriles is 1. The standard InChI is InChI=1S/C33H43N3O2/c1-28(2)10-12-33(36-15-14-35-20-36)13-11-32(7)26(22(33)18-28)23(37)16-25-30(5)17-21(19-34)27(38)29(3,4)24(30)8-9-31(25,32)6/h14-17,20,22,24,26H,8-13,18H2,1-7H3/t22-,24-,26-,30-,31+,32+,33-/m0/s1. The number of hydrogen-bond acceptors (Lipinski definition) is 4. The highest BCUT2D eigenvalue weighted by atomic mass is 16.1. The fourth-order valence-electron chi connectivity index (χ4n) is 10.6. The third-order valence-electron chi connectivity index (χ3n) is 12.8. The van der Waals surface area contributed by atoms with E-state index in [1.54, 1.807) is 0 Å². The van der Waals surface area contributed by atoms with E-state index in [-0.39, 0.29) is 56.7 Å². The number of carbonyl (C=O) groups is 2. The van der Waals surface area contributed by atoms with Crippen molar-refractivity contribution in [1.82, 2.24) is 9.55 Å². The zero-order chi connectivity index (χ0) is 27.5. The molecule has 0 bridgehead atoms. The quantitative estimate of drug-likeness (QED) is 0.413. The Balaban J connectivity index is 1.54. The molecule has 5 heteroatoms. The van der Waals surface area contributed by atoms with Crippen LogP contribution in [0.3, 0.4) is 0 Å². The summed E-state index contributed by atoms with van der Waals surface area (Å²) in [7, 11) is 0. The van der Waals surface area contributed by atoms with E-state index in [9.17, 15) is 14.9 Å². The molecule has 6 rings (SSSR count).